The quantitative estimate of drug-likeness (QED) is 0.800. The third-order valence-electron chi connectivity index (χ3n) is 3.68. The fraction of sp³-hybridized carbons (Fsp3) is 0.500. The highest BCUT2D eigenvalue weighted by Gasteiger charge is 2.52. The lowest BCUT2D eigenvalue weighted by atomic mass is 9.94. The second-order valence-electron chi connectivity index (χ2n) is 4.49. The minimum absolute atomic E-state index is 0.0268. The van der Waals surface area contributed by atoms with E-state index in [1.165, 1.54) is 5.56 Å². The number of ether oxygens (including phenoxy) is 2. The summed E-state index contributed by atoms with van der Waals surface area (Å²) in [6.45, 7) is 2.69. The molecule has 0 spiro atoms. The van der Waals surface area contributed by atoms with E-state index >= 15 is 0 Å². The summed E-state index contributed by atoms with van der Waals surface area (Å²) in [4.78, 5) is 0. The standard InChI is InChI=1S/C12H14O3/c1-8-5-12(8,6-13)9-2-3-10-11(4-9)15-7-14-10/h2-4,8,13H,5-7H2,1H3. The van der Waals surface area contributed by atoms with Gasteiger partial charge in [-0.1, -0.05) is 13.0 Å². The van der Waals surface area contributed by atoms with E-state index in [2.05, 4.69) is 6.92 Å². The van der Waals surface area contributed by atoms with Crippen LogP contribution in [0.2, 0.25) is 0 Å². The second kappa shape index (κ2) is 2.89. The van der Waals surface area contributed by atoms with Crippen LogP contribution in [0, 0.1) is 5.92 Å². The fourth-order valence-electron chi connectivity index (χ4n) is 2.41. The molecule has 1 aliphatic heterocycles. The van der Waals surface area contributed by atoms with Crippen molar-refractivity contribution in [3.63, 3.8) is 0 Å². The topological polar surface area (TPSA) is 38.7 Å². The summed E-state index contributed by atoms with van der Waals surface area (Å²) in [7, 11) is 0. The Morgan fingerprint density at radius 2 is 2.13 bits per heavy atom. The lowest BCUT2D eigenvalue weighted by Gasteiger charge is -2.14. The summed E-state index contributed by atoms with van der Waals surface area (Å²) >= 11 is 0. The van der Waals surface area contributed by atoms with Gasteiger partial charge in [0.05, 0.1) is 6.61 Å². The van der Waals surface area contributed by atoms with E-state index < -0.39 is 0 Å². The van der Waals surface area contributed by atoms with Gasteiger partial charge in [-0.2, -0.15) is 0 Å². The van der Waals surface area contributed by atoms with E-state index in [9.17, 15) is 5.11 Å². The van der Waals surface area contributed by atoms with Gasteiger partial charge in [0.15, 0.2) is 11.5 Å². The molecule has 0 radical (unpaired) electrons. The number of aliphatic hydroxyl groups is 1. The largest absolute Gasteiger partial charge is 0.454 e. The van der Waals surface area contributed by atoms with E-state index in [1.54, 1.807) is 0 Å². The monoisotopic (exact) mass is 206 g/mol. The zero-order valence-corrected chi connectivity index (χ0v) is 8.69. The van der Waals surface area contributed by atoms with Crippen LogP contribution in [-0.4, -0.2) is 18.5 Å². The first-order valence-corrected chi connectivity index (χ1v) is 5.27. The van der Waals surface area contributed by atoms with E-state index in [0.717, 1.165) is 17.9 Å². The molecule has 2 atom stereocenters. The van der Waals surface area contributed by atoms with Crippen LogP contribution in [0.25, 0.3) is 0 Å². The highest BCUT2D eigenvalue weighted by atomic mass is 16.7. The number of rotatable bonds is 2. The Hall–Kier alpha value is -1.22. The molecule has 2 aliphatic rings. The van der Waals surface area contributed by atoms with Gasteiger partial charge in [-0.05, 0) is 30.0 Å². The Bertz CT molecular complexity index is 398. The number of fused-ring (bicyclic) bond motifs is 1. The summed E-state index contributed by atoms with van der Waals surface area (Å²) in [5.74, 6) is 2.17. The molecular formula is C12H14O3. The Morgan fingerprint density at radius 3 is 2.80 bits per heavy atom. The molecule has 1 heterocycles. The van der Waals surface area contributed by atoms with E-state index in [-0.39, 0.29) is 12.0 Å². The smallest absolute Gasteiger partial charge is 0.231 e. The number of aliphatic hydroxyl groups excluding tert-OH is 1. The maximum Gasteiger partial charge on any atom is 0.231 e. The molecule has 3 rings (SSSR count). The molecule has 0 bridgehead atoms. The molecule has 2 unspecified atom stereocenters. The Balaban J connectivity index is 2.00. The Kier molecular flexibility index (Phi) is 1.74. The maximum atomic E-state index is 9.46. The van der Waals surface area contributed by atoms with Gasteiger partial charge < -0.3 is 14.6 Å². The molecule has 15 heavy (non-hydrogen) atoms. The molecule has 0 aromatic heterocycles. The fourth-order valence-corrected chi connectivity index (χ4v) is 2.41. The zero-order chi connectivity index (χ0) is 10.5. The average Bonchev–Trinajstić information content (AvgIpc) is 2.74. The Labute approximate surface area is 88.6 Å². The molecule has 1 saturated carbocycles. The van der Waals surface area contributed by atoms with Gasteiger partial charge in [-0.25, -0.2) is 0 Å². The summed E-state index contributed by atoms with van der Waals surface area (Å²) in [5.41, 5.74) is 1.14. The molecule has 1 aromatic carbocycles. The number of hydrogen-bond acceptors (Lipinski definition) is 3. The van der Waals surface area contributed by atoms with Crippen molar-refractivity contribution in [3.8, 4) is 11.5 Å². The van der Waals surface area contributed by atoms with Crippen molar-refractivity contribution >= 4 is 0 Å². The van der Waals surface area contributed by atoms with Crippen molar-refractivity contribution in [1.82, 2.24) is 0 Å². The summed E-state index contributed by atoms with van der Waals surface area (Å²) in [5, 5.41) is 9.46. The van der Waals surface area contributed by atoms with Gasteiger partial charge in [0.2, 0.25) is 6.79 Å². The first kappa shape index (κ1) is 9.04. The molecule has 1 N–H and O–H groups in total. The van der Waals surface area contributed by atoms with E-state index in [0.29, 0.717) is 12.7 Å². The summed E-state index contributed by atoms with van der Waals surface area (Å²) < 4.78 is 10.6. The SMILES string of the molecule is CC1CC1(CO)c1ccc2c(c1)OCO2. The van der Waals surface area contributed by atoms with E-state index in [1.807, 2.05) is 18.2 Å². The Morgan fingerprint density at radius 1 is 1.40 bits per heavy atom. The second-order valence-corrected chi connectivity index (χ2v) is 4.49. The van der Waals surface area contributed by atoms with Crippen LogP contribution in [0.1, 0.15) is 18.9 Å². The lowest BCUT2D eigenvalue weighted by Crippen LogP contribution is -2.14. The van der Waals surface area contributed by atoms with Gasteiger partial charge in [0, 0.05) is 5.41 Å². The van der Waals surface area contributed by atoms with Gasteiger partial charge >= 0.3 is 0 Å². The summed E-state index contributed by atoms with van der Waals surface area (Å²) in [6.07, 6.45) is 1.06. The van der Waals surface area contributed by atoms with Crippen LogP contribution < -0.4 is 9.47 Å². The van der Waals surface area contributed by atoms with Crippen LogP contribution >= 0.6 is 0 Å². The van der Waals surface area contributed by atoms with Crippen molar-refractivity contribution in [1.29, 1.82) is 0 Å². The van der Waals surface area contributed by atoms with Crippen molar-refractivity contribution in [2.45, 2.75) is 18.8 Å². The highest BCUT2D eigenvalue weighted by Crippen LogP contribution is 2.54. The van der Waals surface area contributed by atoms with Crippen LogP contribution in [0.15, 0.2) is 18.2 Å². The first-order valence-electron chi connectivity index (χ1n) is 5.27. The van der Waals surface area contributed by atoms with Gasteiger partial charge in [0.25, 0.3) is 0 Å². The molecule has 3 heteroatoms. The molecule has 1 aliphatic carbocycles. The lowest BCUT2D eigenvalue weighted by molar-refractivity contribution is 0.174. The molecular weight excluding hydrogens is 192 g/mol. The molecule has 0 amide bonds. The molecule has 80 valence electrons. The van der Waals surface area contributed by atoms with Crippen LogP contribution in [-0.2, 0) is 5.41 Å². The average molecular weight is 206 g/mol. The number of benzene rings is 1. The van der Waals surface area contributed by atoms with Crippen molar-refractivity contribution in [2.75, 3.05) is 13.4 Å². The molecule has 1 aromatic rings. The predicted octanol–water partition coefficient (Wildman–Crippen LogP) is 1.69. The minimum atomic E-state index is -0.0268. The third kappa shape index (κ3) is 1.16. The van der Waals surface area contributed by atoms with Gasteiger partial charge in [0.1, 0.15) is 0 Å². The summed E-state index contributed by atoms with van der Waals surface area (Å²) in [6, 6.07) is 5.97. The maximum absolute atomic E-state index is 9.46. The van der Waals surface area contributed by atoms with Gasteiger partial charge in [-0.3, -0.25) is 0 Å². The molecule has 1 fully saturated rings. The van der Waals surface area contributed by atoms with Gasteiger partial charge in [-0.15, -0.1) is 0 Å². The normalized spacial score (nSPS) is 31.7. The highest BCUT2D eigenvalue weighted by molar-refractivity contribution is 5.48. The minimum Gasteiger partial charge on any atom is -0.454 e. The van der Waals surface area contributed by atoms with Crippen LogP contribution in [0.5, 0.6) is 11.5 Å². The first-order chi connectivity index (χ1) is 7.26. The van der Waals surface area contributed by atoms with Crippen LogP contribution in [0.3, 0.4) is 0 Å². The third-order valence-corrected chi connectivity index (χ3v) is 3.68. The van der Waals surface area contributed by atoms with Crippen molar-refractivity contribution in [3.05, 3.63) is 23.8 Å². The zero-order valence-electron chi connectivity index (χ0n) is 8.69. The van der Waals surface area contributed by atoms with Crippen LogP contribution in [0.4, 0.5) is 0 Å². The number of hydrogen-bond donors (Lipinski definition) is 1. The molecule has 0 saturated heterocycles. The molecule has 3 nitrogen and oxygen atoms in total. The van der Waals surface area contributed by atoms with Crippen molar-refractivity contribution < 1.29 is 14.6 Å². The predicted molar refractivity (Wildman–Crippen MR) is 55.1 cm³/mol. The van der Waals surface area contributed by atoms with E-state index in [4.69, 9.17) is 9.47 Å². The van der Waals surface area contributed by atoms with Crippen molar-refractivity contribution in [2.24, 2.45) is 5.92 Å².